The molecule has 0 amide bonds. The number of ketones is 1. The van der Waals surface area contributed by atoms with Crippen molar-refractivity contribution in [1.29, 1.82) is 0 Å². The van der Waals surface area contributed by atoms with Crippen LogP contribution < -0.4 is 0 Å². The van der Waals surface area contributed by atoms with E-state index >= 15 is 0 Å². The number of hydrogen-bond acceptors (Lipinski definition) is 3. The fourth-order valence-corrected chi connectivity index (χ4v) is 2.92. The molecule has 0 aromatic rings. The van der Waals surface area contributed by atoms with Crippen molar-refractivity contribution in [2.24, 2.45) is 17.8 Å². The van der Waals surface area contributed by atoms with E-state index in [2.05, 4.69) is 0 Å². The van der Waals surface area contributed by atoms with Crippen LogP contribution in [0, 0.1) is 17.8 Å². The first-order valence-corrected chi connectivity index (χ1v) is 5.40. The van der Waals surface area contributed by atoms with Gasteiger partial charge in [0, 0.05) is 12.8 Å². The first-order valence-electron chi connectivity index (χ1n) is 5.40. The molecule has 0 radical (unpaired) electrons. The Bertz CT molecular complexity index is 243. The lowest BCUT2D eigenvalue weighted by molar-refractivity contribution is -0.152. The van der Waals surface area contributed by atoms with Crippen molar-refractivity contribution < 1.29 is 14.3 Å². The molecule has 0 aromatic carbocycles. The van der Waals surface area contributed by atoms with Crippen LogP contribution >= 0.6 is 0 Å². The summed E-state index contributed by atoms with van der Waals surface area (Å²) in [6.07, 6.45) is 3.25. The van der Waals surface area contributed by atoms with Crippen molar-refractivity contribution >= 4 is 11.8 Å². The van der Waals surface area contributed by atoms with Crippen LogP contribution in [0.1, 0.15) is 32.6 Å². The highest BCUT2D eigenvalue weighted by Gasteiger charge is 2.46. The molecule has 3 atom stereocenters. The van der Waals surface area contributed by atoms with Crippen LogP contribution in [0.15, 0.2) is 0 Å². The van der Waals surface area contributed by atoms with Crippen molar-refractivity contribution in [2.75, 3.05) is 6.61 Å². The van der Waals surface area contributed by atoms with E-state index in [4.69, 9.17) is 4.74 Å². The molecule has 0 N–H and O–H groups in total. The van der Waals surface area contributed by atoms with Gasteiger partial charge in [0.15, 0.2) is 0 Å². The number of esters is 1. The van der Waals surface area contributed by atoms with Gasteiger partial charge in [0.25, 0.3) is 0 Å². The lowest BCUT2D eigenvalue weighted by Crippen LogP contribution is -2.33. The molecule has 78 valence electrons. The summed E-state index contributed by atoms with van der Waals surface area (Å²) in [5.41, 5.74) is 0. The Labute approximate surface area is 83.8 Å². The Morgan fingerprint density at radius 2 is 1.93 bits per heavy atom. The fraction of sp³-hybridized carbons (Fsp3) is 0.818. The lowest BCUT2D eigenvalue weighted by atomic mass is 9.78. The highest BCUT2D eigenvalue weighted by molar-refractivity contribution is 5.84. The summed E-state index contributed by atoms with van der Waals surface area (Å²) in [5.74, 6) is 0.832. The van der Waals surface area contributed by atoms with E-state index in [0.29, 0.717) is 25.2 Å². The van der Waals surface area contributed by atoms with Crippen LogP contribution in [0.25, 0.3) is 0 Å². The van der Waals surface area contributed by atoms with Crippen LogP contribution in [0.5, 0.6) is 0 Å². The highest BCUT2D eigenvalue weighted by Crippen LogP contribution is 2.45. The summed E-state index contributed by atoms with van der Waals surface area (Å²) in [4.78, 5) is 22.9. The fourth-order valence-electron chi connectivity index (χ4n) is 2.92. The number of fused-ring (bicyclic) bond motifs is 2. The van der Waals surface area contributed by atoms with E-state index < -0.39 is 0 Å². The second-order valence-electron chi connectivity index (χ2n) is 4.32. The molecule has 1 unspecified atom stereocenters. The maximum atomic E-state index is 11.6. The van der Waals surface area contributed by atoms with Gasteiger partial charge in [-0.2, -0.15) is 0 Å². The Kier molecular flexibility index (Phi) is 2.57. The van der Waals surface area contributed by atoms with E-state index in [1.165, 1.54) is 0 Å². The summed E-state index contributed by atoms with van der Waals surface area (Å²) in [6.45, 7) is 2.27. The molecule has 14 heavy (non-hydrogen) atoms. The Morgan fingerprint density at radius 3 is 2.43 bits per heavy atom. The number of ether oxygens (including phenoxy) is 1. The Morgan fingerprint density at radius 1 is 1.36 bits per heavy atom. The second kappa shape index (κ2) is 3.71. The van der Waals surface area contributed by atoms with Crippen LogP contribution in [-0.4, -0.2) is 18.4 Å². The maximum Gasteiger partial charge on any atom is 0.309 e. The van der Waals surface area contributed by atoms with Crippen LogP contribution in [0.4, 0.5) is 0 Å². The molecule has 2 aliphatic carbocycles. The minimum atomic E-state index is -0.0764. The monoisotopic (exact) mass is 196 g/mol. The predicted octanol–water partition coefficient (Wildman–Crippen LogP) is 1.55. The smallest absolute Gasteiger partial charge is 0.309 e. The molecule has 0 saturated heterocycles. The molecule has 2 bridgehead atoms. The summed E-state index contributed by atoms with van der Waals surface area (Å²) >= 11 is 0. The second-order valence-corrected chi connectivity index (χ2v) is 4.32. The zero-order chi connectivity index (χ0) is 10.1. The largest absolute Gasteiger partial charge is 0.466 e. The van der Waals surface area contributed by atoms with Gasteiger partial charge in [-0.1, -0.05) is 0 Å². The van der Waals surface area contributed by atoms with E-state index in [0.717, 1.165) is 12.8 Å². The number of rotatable bonds is 2. The normalized spacial score (nSPS) is 35.8. The molecule has 0 aliphatic heterocycles. The molecular weight excluding hydrogens is 180 g/mol. The van der Waals surface area contributed by atoms with Crippen molar-refractivity contribution in [3.8, 4) is 0 Å². The van der Waals surface area contributed by atoms with Gasteiger partial charge in [-0.15, -0.1) is 0 Å². The van der Waals surface area contributed by atoms with Gasteiger partial charge in [0.1, 0.15) is 5.78 Å². The third-order valence-corrected chi connectivity index (χ3v) is 3.46. The molecule has 0 aromatic heterocycles. The number of Topliss-reactive ketones (excluding diaryl/α,β-unsaturated/α-hetero) is 1. The van der Waals surface area contributed by atoms with Crippen molar-refractivity contribution in [1.82, 2.24) is 0 Å². The topological polar surface area (TPSA) is 43.4 Å². The minimum Gasteiger partial charge on any atom is -0.466 e. The quantitative estimate of drug-likeness (QED) is 0.629. The average Bonchev–Trinajstić information content (AvgIpc) is 2.39. The first-order chi connectivity index (χ1) is 6.72. The number of hydrogen-bond donors (Lipinski definition) is 0. The van der Waals surface area contributed by atoms with Crippen molar-refractivity contribution in [3.05, 3.63) is 0 Å². The number of carbonyl (C=O) groups is 2. The summed E-state index contributed by atoms with van der Waals surface area (Å²) in [6, 6.07) is 0. The SMILES string of the molecule is CCOC(=O)C1[C@@H]2CC[C@H]1CC(=O)C2. The van der Waals surface area contributed by atoms with Crippen LogP contribution in [0.3, 0.4) is 0 Å². The molecule has 3 heteroatoms. The van der Waals surface area contributed by atoms with Gasteiger partial charge >= 0.3 is 5.97 Å². The van der Waals surface area contributed by atoms with E-state index in [1.54, 1.807) is 0 Å². The van der Waals surface area contributed by atoms with E-state index in [-0.39, 0.29) is 23.7 Å². The molecule has 2 saturated carbocycles. The van der Waals surface area contributed by atoms with Gasteiger partial charge < -0.3 is 4.74 Å². The molecule has 0 spiro atoms. The zero-order valence-corrected chi connectivity index (χ0v) is 8.49. The van der Waals surface area contributed by atoms with Gasteiger partial charge in [-0.05, 0) is 31.6 Å². The first kappa shape index (κ1) is 9.69. The number of carbonyl (C=O) groups excluding carboxylic acids is 2. The molecule has 0 heterocycles. The van der Waals surface area contributed by atoms with Gasteiger partial charge in [-0.25, -0.2) is 0 Å². The Balaban J connectivity index is 2.07. The van der Waals surface area contributed by atoms with Gasteiger partial charge in [-0.3, -0.25) is 9.59 Å². The van der Waals surface area contributed by atoms with Gasteiger partial charge in [0.05, 0.1) is 12.5 Å². The summed E-state index contributed by atoms with van der Waals surface area (Å²) < 4.78 is 5.05. The Hall–Kier alpha value is -0.860. The molecular formula is C11H16O3. The molecule has 2 fully saturated rings. The summed E-state index contributed by atoms with van der Waals surface area (Å²) in [5, 5.41) is 0. The van der Waals surface area contributed by atoms with Crippen molar-refractivity contribution in [3.63, 3.8) is 0 Å². The van der Waals surface area contributed by atoms with E-state index in [9.17, 15) is 9.59 Å². The molecule has 2 rings (SSSR count). The average molecular weight is 196 g/mol. The summed E-state index contributed by atoms with van der Waals surface area (Å²) in [7, 11) is 0. The van der Waals surface area contributed by atoms with Crippen LogP contribution in [0.2, 0.25) is 0 Å². The minimum absolute atomic E-state index is 0.0210. The predicted molar refractivity (Wildman–Crippen MR) is 50.6 cm³/mol. The maximum absolute atomic E-state index is 11.6. The molecule has 3 nitrogen and oxygen atoms in total. The third kappa shape index (κ3) is 1.56. The standard InChI is InChI=1S/C11H16O3/c1-2-14-11(13)10-7-3-4-8(10)6-9(12)5-7/h7-8,10H,2-6H2,1H3/t7-,8+,10?. The molecule has 2 aliphatic rings. The van der Waals surface area contributed by atoms with Crippen LogP contribution in [-0.2, 0) is 14.3 Å². The van der Waals surface area contributed by atoms with Gasteiger partial charge in [0.2, 0.25) is 0 Å². The van der Waals surface area contributed by atoms with E-state index in [1.807, 2.05) is 6.92 Å². The third-order valence-electron chi connectivity index (χ3n) is 3.46. The van der Waals surface area contributed by atoms with Crippen molar-refractivity contribution in [2.45, 2.75) is 32.6 Å². The zero-order valence-electron chi connectivity index (χ0n) is 8.49. The highest BCUT2D eigenvalue weighted by atomic mass is 16.5. The lowest BCUT2D eigenvalue weighted by Gasteiger charge is -2.26.